The highest BCUT2D eigenvalue weighted by molar-refractivity contribution is 7.80. The molecular formula is C17H19N7O9S. The fourth-order valence-electron chi connectivity index (χ4n) is 2.49. The number of carbonyl (C=O) groups is 5. The average Bonchev–Trinajstić information content (AvgIpc) is 2.78. The second-order valence-corrected chi connectivity index (χ2v) is 6.83. The third kappa shape index (κ3) is 8.64. The van der Waals surface area contributed by atoms with Crippen LogP contribution in [0.5, 0.6) is 0 Å². The molecule has 1 aromatic carbocycles. The van der Waals surface area contributed by atoms with E-state index >= 15 is 0 Å². The van der Waals surface area contributed by atoms with E-state index in [-0.39, 0.29) is 11.4 Å². The van der Waals surface area contributed by atoms with E-state index in [1.54, 1.807) is 0 Å². The Kier molecular flexibility index (Phi) is 10.8. The van der Waals surface area contributed by atoms with Gasteiger partial charge in [-0.05, 0) is 24.1 Å². The third-order valence-corrected chi connectivity index (χ3v) is 4.46. The molecule has 0 fully saturated rings. The Morgan fingerprint density at radius 3 is 2.38 bits per heavy atom. The standard InChI is InChI=1S/C17H19N7O9S/c18-23-22-8-1-3-12(24(32)33)9(5-8)15(28)21-10(17(30)31)2-4-13(25)20-11(7-34)16(29)19-6-14(26)27/h1,3,5,10-11,34H,2,4,6-7H2,(H,19,29)(H,20,25)(H,21,28)(H,26,27)(H,30,31)/t10-,11-/m0/s1. The second kappa shape index (κ2) is 13.2. The summed E-state index contributed by atoms with van der Waals surface area (Å²) < 4.78 is 0. The fourth-order valence-corrected chi connectivity index (χ4v) is 2.75. The fraction of sp³-hybridized carbons (Fsp3) is 0.353. The average molecular weight is 497 g/mol. The maximum Gasteiger partial charge on any atom is 0.326 e. The molecule has 3 amide bonds. The first-order valence-corrected chi connectivity index (χ1v) is 9.90. The van der Waals surface area contributed by atoms with Crippen molar-refractivity contribution in [3.8, 4) is 0 Å². The van der Waals surface area contributed by atoms with Crippen LogP contribution in [0, 0.1) is 10.1 Å². The smallest absolute Gasteiger partial charge is 0.326 e. The summed E-state index contributed by atoms with van der Waals surface area (Å²) in [7, 11) is 0. The van der Waals surface area contributed by atoms with Crippen molar-refractivity contribution in [1.82, 2.24) is 16.0 Å². The van der Waals surface area contributed by atoms with Gasteiger partial charge in [0.1, 0.15) is 24.2 Å². The minimum Gasteiger partial charge on any atom is -0.480 e. The topological polar surface area (TPSA) is 254 Å². The molecule has 182 valence electrons. The number of hydrogen-bond acceptors (Lipinski definition) is 9. The van der Waals surface area contributed by atoms with E-state index in [0.717, 1.165) is 18.2 Å². The third-order valence-electron chi connectivity index (χ3n) is 4.09. The van der Waals surface area contributed by atoms with Crippen molar-refractivity contribution in [2.24, 2.45) is 5.11 Å². The Balaban J connectivity index is 2.87. The predicted octanol–water partition coefficient (Wildman–Crippen LogP) is 0.115. The van der Waals surface area contributed by atoms with Gasteiger partial charge in [0, 0.05) is 28.8 Å². The van der Waals surface area contributed by atoms with E-state index in [4.69, 9.17) is 10.6 Å². The Morgan fingerprint density at radius 2 is 1.85 bits per heavy atom. The van der Waals surface area contributed by atoms with Gasteiger partial charge in [0.25, 0.3) is 11.6 Å². The van der Waals surface area contributed by atoms with Crippen LogP contribution in [-0.4, -0.2) is 69.2 Å². The van der Waals surface area contributed by atoms with Crippen LogP contribution in [0.25, 0.3) is 10.4 Å². The van der Waals surface area contributed by atoms with Gasteiger partial charge in [0.05, 0.1) is 4.92 Å². The highest BCUT2D eigenvalue weighted by atomic mass is 32.1. The molecule has 17 heteroatoms. The minimum atomic E-state index is -1.64. The summed E-state index contributed by atoms with van der Waals surface area (Å²) in [5, 5.41) is 38.7. The summed E-state index contributed by atoms with van der Waals surface area (Å²) in [6.45, 7) is -0.681. The summed E-state index contributed by atoms with van der Waals surface area (Å²) in [5.74, 6) is -5.79. The number of carbonyl (C=O) groups excluding carboxylic acids is 3. The Labute approximate surface area is 195 Å². The van der Waals surface area contributed by atoms with Gasteiger partial charge in [0.2, 0.25) is 11.8 Å². The molecule has 0 aliphatic rings. The maximum absolute atomic E-state index is 12.5. The van der Waals surface area contributed by atoms with Crippen LogP contribution >= 0.6 is 12.6 Å². The van der Waals surface area contributed by atoms with E-state index < -0.39 is 77.3 Å². The van der Waals surface area contributed by atoms with E-state index in [0.29, 0.717) is 0 Å². The Morgan fingerprint density at radius 1 is 1.18 bits per heavy atom. The zero-order valence-corrected chi connectivity index (χ0v) is 18.1. The molecule has 1 aromatic rings. The molecule has 0 saturated carbocycles. The number of benzene rings is 1. The zero-order chi connectivity index (χ0) is 25.8. The van der Waals surface area contributed by atoms with Crippen LogP contribution in [-0.2, 0) is 19.2 Å². The summed E-state index contributed by atoms with van der Waals surface area (Å²) in [4.78, 5) is 71.3. The molecule has 1 rings (SSSR count). The number of amides is 3. The largest absolute Gasteiger partial charge is 0.480 e. The van der Waals surface area contributed by atoms with E-state index in [1.165, 1.54) is 0 Å². The number of nitro benzene ring substituents is 1. The number of carboxylic acid groups (broad SMARTS) is 2. The summed E-state index contributed by atoms with van der Waals surface area (Å²) in [6, 6.07) is 0.0782. The van der Waals surface area contributed by atoms with Crippen molar-refractivity contribution in [2.45, 2.75) is 24.9 Å². The molecule has 0 aromatic heterocycles. The SMILES string of the molecule is [N-]=[N+]=Nc1ccc([N+](=O)[O-])c(C(=O)N[C@@H](CCC(=O)N[C@@H](CS)C(=O)NCC(=O)O)C(=O)O)c1. The first-order chi connectivity index (χ1) is 16.0. The quantitative estimate of drug-likeness (QED) is 0.0539. The molecule has 0 unspecified atom stereocenters. The molecule has 0 radical (unpaired) electrons. The van der Waals surface area contributed by atoms with Crippen LogP contribution in [0.3, 0.4) is 0 Å². The minimum absolute atomic E-state index is 0.122. The Hall–Kier alpha value is -4.37. The van der Waals surface area contributed by atoms with Gasteiger partial charge >= 0.3 is 11.9 Å². The normalized spacial score (nSPS) is 11.8. The van der Waals surface area contributed by atoms with Crippen LogP contribution in [0.4, 0.5) is 11.4 Å². The van der Waals surface area contributed by atoms with Gasteiger partial charge in [-0.15, -0.1) is 0 Å². The van der Waals surface area contributed by atoms with Crippen molar-refractivity contribution < 1.29 is 39.1 Å². The van der Waals surface area contributed by atoms with Crippen molar-refractivity contribution in [3.05, 3.63) is 44.3 Å². The van der Waals surface area contributed by atoms with Crippen molar-refractivity contribution in [2.75, 3.05) is 12.3 Å². The zero-order valence-electron chi connectivity index (χ0n) is 17.2. The number of hydrogen-bond donors (Lipinski definition) is 6. The first kappa shape index (κ1) is 27.7. The van der Waals surface area contributed by atoms with E-state index in [1.807, 2.05) is 0 Å². The Bertz CT molecular complexity index is 1040. The van der Waals surface area contributed by atoms with Gasteiger partial charge < -0.3 is 26.2 Å². The molecule has 0 aliphatic heterocycles. The summed E-state index contributed by atoms with van der Waals surface area (Å²) in [6.07, 6.45) is -0.929. The molecule has 0 aliphatic carbocycles. The highest BCUT2D eigenvalue weighted by Crippen LogP contribution is 2.24. The van der Waals surface area contributed by atoms with Crippen LogP contribution in [0.15, 0.2) is 23.3 Å². The lowest BCUT2D eigenvalue weighted by Gasteiger charge is -2.17. The number of aliphatic carboxylic acids is 2. The predicted molar refractivity (Wildman–Crippen MR) is 116 cm³/mol. The number of nitro groups is 1. The lowest BCUT2D eigenvalue weighted by molar-refractivity contribution is -0.385. The monoisotopic (exact) mass is 497 g/mol. The van der Waals surface area contributed by atoms with Gasteiger partial charge in [-0.25, -0.2) is 4.79 Å². The number of rotatable bonds is 13. The van der Waals surface area contributed by atoms with Crippen LogP contribution in [0.2, 0.25) is 0 Å². The van der Waals surface area contributed by atoms with Crippen molar-refractivity contribution >= 4 is 53.7 Å². The van der Waals surface area contributed by atoms with Crippen molar-refractivity contribution in [3.63, 3.8) is 0 Å². The van der Waals surface area contributed by atoms with Gasteiger partial charge in [-0.3, -0.25) is 29.3 Å². The maximum atomic E-state index is 12.5. The number of azide groups is 1. The molecule has 0 bridgehead atoms. The molecular weight excluding hydrogens is 478 g/mol. The molecule has 2 atom stereocenters. The summed E-state index contributed by atoms with van der Waals surface area (Å²) >= 11 is 3.89. The number of carboxylic acids is 2. The summed E-state index contributed by atoms with van der Waals surface area (Å²) in [5.41, 5.74) is 7.14. The molecule has 0 spiro atoms. The highest BCUT2D eigenvalue weighted by Gasteiger charge is 2.27. The molecule has 0 heterocycles. The molecule has 5 N–H and O–H groups in total. The first-order valence-electron chi connectivity index (χ1n) is 9.27. The lowest BCUT2D eigenvalue weighted by atomic mass is 10.1. The van der Waals surface area contributed by atoms with Crippen LogP contribution < -0.4 is 16.0 Å². The van der Waals surface area contributed by atoms with E-state index in [2.05, 4.69) is 38.6 Å². The van der Waals surface area contributed by atoms with Gasteiger partial charge in [0.15, 0.2) is 0 Å². The van der Waals surface area contributed by atoms with Crippen LogP contribution in [0.1, 0.15) is 23.2 Å². The number of nitrogens with one attached hydrogen (secondary N) is 3. The second-order valence-electron chi connectivity index (χ2n) is 6.47. The van der Waals surface area contributed by atoms with E-state index in [9.17, 15) is 39.2 Å². The molecule has 34 heavy (non-hydrogen) atoms. The van der Waals surface area contributed by atoms with Gasteiger partial charge in [-0.2, -0.15) is 12.6 Å². The molecule has 16 nitrogen and oxygen atoms in total. The van der Waals surface area contributed by atoms with Gasteiger partial charge in [-0.1, -0.05) is 5.11 Å². The number of thiol groups is 1. The lowest BCUT2D eigenvalue weighted by Crippen LogP contribution is -2.49. The number of nitrogens with zero attached hydrogens (tertiary/aromatic N) is 4. The molecule has 0 saturated heterocycles. The van der Waals surface area contributed by atoms with Crippen molar-refractivity contribution in [1.29, 1.82) is 0 Å².